The molecule has 8 heteroatoms. The van der Waals surface area contributed by atoms with Gasteiger partial charge in [-0.2, -0.15) is 5.10 Å². The van der Waals surface area contributed by atoms with Crippen molar-refractivity contribution >= 4 is 37.8 Å². The summed E-state index contributed by atoms with van der Waals surface area (Å²) in [5.74, 6) is 1.31. The fourth-order valence-corrected chi connectivity index (χ4v) is 5.96. The third-order valence-corrected chi connectivity index (χ3v) is 7.97. The predicted molar refractivity (Wildman–Crippen MR) is 147 cm³/mol. The van der Waals surface area contributed by atoms with Crippen LogP contribution in [0.5, 0.6) is 5.88 Å². The first-order chi connectivity index (χ1) is 17.9. The van der Waals surface area contributed by atoms with E-state index in [-0.39, 0.29) is 0 Å². The van der Waals surface area contributed by atoms with Crippen LogP contribution in [0.2, 0.25) is 0 Å². The van der Waals surface area contributed by atoms with Crippen molar-refractivity contribution in [3.8, 4) is 5.88 Å². The lowest BCUT2D eigenvalue weighted by Gasteiger charge is -2.25. The highest BCUT2D eigenvalue weighted by Gasteiger charge is 2.26. The number of rotatable bonds is 6. The number of nitrogens with zero attached hydrogens (tertiary/aromatic N) is 3. The van der Waals surface area contributed by atoms with Crippen LogP contribution in [0.1, 0.15) is 54.9 Å². The largest absolute Gasteiger partial charge is 0.472 e. The molecule has 190 valence electrons. The SMILES string of the molecule is CC/C(=C1\c2cc3cnn(CC4CCC4)c3cc2COc2ncccc21)c1cccc(NS(C)(=O)=O)c1. The molecule has 0 amide bonds. The van der Waals surface area contributed by atoms with Gasteiger partial charge in [0.2, 0.25) is 15.9 Å². The molecule has 3 heterocycles. The third-order valence-electron chi connectivity index (χ3n) is 7.37. The van der Waals surface area contributed by atoms with Gasteiger partial charge in [-0.1, -0.05) is 25.5 Å². The Labute approximate surface area is 217 Å². The van der Waals surface area contributed by atoms with E-state index in [0.29, 0.717) is 24.1 Å². The maximum Gasteiger partial charge on any atom is 0.229 e. The molecule has 0 spiro atoms. The molecule has 6 rings (SSSR count). The van der Waals surface area contributed by atoms with Crippen molar-refractivity contribution in [3.05, 3.63) is 83.2 Å². The Bertz CT molecular complexity index is 1630. The molecule has 4 aromatic rings. The van der Waals surface area contributed by atoms with Crippen LogP contribution in [-0.4, -0.2) is 29.4 Å². The molecule has 2 aromatic heterocycles. The van der Waals surface area contributed by atoms with Gasteiger partial charge in [-0.05, 0) is 89.4 Å². The van der Waals surface area contributed by atoms with Crippen molar-refractivity contribution in [2.75, 3.05) is 11.0 Å². The third kappa shape index (κ3) is 4.62. The number of nitrogens with one attached hydrogen (secondary N) is 1. The summed E-state index contributed by atoms with van der Waals surface area (Å²) in [6, 6.07) is 16.0. The first-order valence-corrected chi connectivity index (χ1v) is 14.7. The predicted octanol–water partition coefficient (Wildman–Crippen LogP) is 5.86. The molecular formula is C29H30N4O3S. The molecule has 1 aliphatic heterocycles. The van der Waals surface area contributed by atoms with Crippen LogP contribution in [0.25, 0.3) is 22.0 Å². The number of fused-ring (bicyclic) bond motifs is 3. The second-order valence-electron chi connectivity index (χ2n) is 10.00. The van der Waals surface area contributed by atoms with E-state index in [1.165, 1.54) is 19.3 Å². The summed E-state index contributed by atoms with van der Waals surface area (Å²) in [4.78, 5) is 4.56. The standard InChI is InChI=1S/C29H30N4O3S/c1-3-24(20-9-5-10-23(13-20)32-37(2,34)35)28-25-11-6-12-30-29(25)36-18-22-15-27-21(14-26(22)28)16-31-33(27)17-19-7-4-8-19/h5-6,9-16,19,32H,3-4,7-8,17-18H2,1-2H3/b28-24+. The second-order valence-corrected chi connectivity index (χ2v) is 11.7. The van der Waals surface area contributed by atoms with Crippen molar-refractivity contribution in [1.29, 1.82) is 0 Å². The molecule has 2 aliphatic rings. The molecule has 7 nitrogen and oxygen atoms in total. The second kappa shape index (κ2) is 9.34. The monoisotopic (exact) mass is 514 g/mol. The average Bonchev–Trinajstić information content (AvgIpc) is 3.16. The van der Waals surface area contributed by atoms with E-state index in [4.69, 9.17) is 9.84 Å². The van der Waals surface area contributed by atoms with Crippen molar-refractivity contribution in [3.63, 3.8) is 0 Å². The Hall–Kier alpha value is -3.65. The number of ether oxygens (including phenoxy) is 1. The number of pyridine rings is 1. The lowest BCUT2D eigenvalue weighted by molar-refractivity contribution is 0.270. The minimum Gasteiger partial charge on any atom is -0.472 e. The number of anilines is 1. The number of aromatic nitrogens is 3. The molecule has 0 unspecified atom stereocenters. The molecule has 0 bridgehead atoms. The highest BCUT2D eigenvalue weighted by atomic mass is 32.2. The highest BCUT2D eigenvalue weighted by molar-refractivity contribution is 7.92. The molecule has 1 saturated carbocycles. The molecule has 1 aliphatic carbocycles. The van der Waals surface area contributed by atoms with Crippen molar-refractivity contribution in [1.82, 2.24) is 14.8 Å². The normalized spacial score (nSPS) is 16.8. The van der Waals surface area contributed by atoms with Gasteiger partial charge < -0.3 is 4.74 Å². The summed E-state index contributed by atoms with van der Waals surface area (Å²) in [6.07, 6.45) is 9.48. The van der Waals surface area contributed by atoms with E-state index in [9.17, 15) is 8.42 Å². The number of sulfonamides is 1. The lowest BCUT2D eigenvalue weighted by Crippen LogP contribution is -2.18. The quantitative estimate of drug-likeness (QED) is 0.348. The zero-order chi connectivity index (χ0) is 25.6. The molecule has 1 N–H and O–H groups in total. The zero-order valence-electron chi connectivity index (χ0n) is 21.1. The van der Waals surface area contributed by atoms with E-state index in [0.717, 1.165) is 63.5 Å². The Morgan fingerprint density at radius 2 is 2.00 bits per heavy atom. The van der Waals surface area contributed by atoms with Gasteiger partial charge in [-0.15, -0.1) is 0 Å². The van der Waals surface area contributed by atoms with Gasteiger partial charge in [0.25, 0.3) is 0 Å². The minimum absolute atomic E-state index is 0.417. The van der Waals surface area contributed by atoms with Crippen LogP contribution in [0, 0.1) is 5.92 Å². The molecule has 37 heavy (non-hydrogen) atoms. The molecule has 2 aromatic carbocycles. The van der Waals surface area contributed by atoms with Gasteiger partial charge in [0.05, 0.1) is 18.0 Å². The lowest BCUT2D eigenvalue weighted by atomic mass is 9.85. The van der Waals surface area contributed by atoms with E-state index in [1.807, 2.05) is 36.5 Å². The van der Waals surface area contributed by atoms with Gasteiger partial charge in [-0.25, -0.2) is 13.4 Å². The minimum atomic E-state index is -3.39. The van der Waals surface area contributed by atoms with Crippen molar-refractivity contribution < 1.29 is 13.2 Å². The van der Waals surface area contributed by atoms with Crippen LogP contribution >= 0.6 is 0 Å². The summed E-state index contributed by atoms with van der Waals surface area (Å²) in [5, 5.41) is 5.83. The molecule has 0 atom stereocenters. The average molecular weight is 515 g/mol. The van der Waals surface area contributed by atoms with Crippen LogP contribution in [0.3, 0.4) is 0 Å². The number of allylic oxidation sites excluding steroid dienone is 1. The Morgan fingerprint density at radius 3 is 2.76 bits per heavy atom. The van der Waals surface area contributed by atoms with Crippen molar-refractivity contribution in [2.24, 2.45) is 5.92 Å². The Kier molecular flexibility index (Phi) is 5.99. The topological polar surface area (TPSA) is 86.1 Å². The number of benzene rings is 2. The van der Waals surface area contributed by atoms with Crippen LogP contribution < -0.4 is 9.46 Å². The summed E-state index contributed by atoms with van der Waals surface area (Å²) in [6.45, 7) is 3.49. The van der Waals surface area contributed by atoms with E-state index < -0.39 is 10.0 Å². The number of hydrogen-bond acceptors (Lipinski definition) is 5. The van der Waals surface area contributed by atoms with Gasteiger partial charge in [0.1, 0.15) is 6.61 Å². The molecular weight excluding hydrogens is 484 g/mol. The van der Waals surface area contributed by atoms with Gasteiger partial charge in [0, 0.05) is 29.4 Å². The van der Waals surface area contributed by atoms with Gasteiger partial charge in [-0.3, -0.25) is 9.40 Å². The van der Waals surface area contributed by atoms with E-state index in [1.54, 1.807) is 12.3 Å². The van der Waals surface area contributed by atoms with E-state index in [2.05, 4.69) is 33.4 Å². The molecule has 0 saturated heterocycles. The summed E-state index contributed by atoms with van der Waals surface area (Å²) in [7, 11) is -3.39. The summed E-state index contributed by atoms with van der Waals surface area (Å²) >= 11 is 0. The first-order valence-electron chi connectivity index (χ1n) is 12.8. The maximum atomic E-state index is 11.9. The van der Waals surface area contributed by atoms with Crippen molar-refractivity contribution in [2.45, 2.75) is 45.8 Å². The number of hydrogen-bond donors (Lipinski definition) is 1. The van der Waals surface area contributed by atoms with Gasteiger partial charge in [0.15, 0.2) is 0 Å². The summed E-state index contributed by atoms with van der Waals surface area (Å²) < 4.78 is 34.8. The van der Waals surface area contributed by atoms with Crippen LogP contribution in [0.15, 0.2) is 60.9 Å². The van der Waals surface area contributed by atoms with E-state index >= 15 is 0 Å². The van der Waals surface area contributed by atoms with Crippen LogP contribution in [-0.2, 0) is 23.2 Å². The zero-order valence-corrected chi connectivity index (χ0v) is 21.9. The van der Waals surface area contributed by atoms with Crippen LogP contribution in [0.4, 0.5) is 5.69 Å². The fraction of sp³-hybridized carbons (Fsp3) is 0.310. The molecule has 1 fully saturated rings. The van der Waals surface area contributed by atoms with Gasteiger partial charge >= 0.3 is 0 Å². The smallest absolute Gasteiger partial charge is 0.229 e. The Morgan fingerprint density at radius 1 is 1.14 bits per heavy atom. The first kappa shape index (κ1) is 23.7. The molecule has 0 radical (unpaired) electrons. The summed E-state index contributed by atoms with van der Waals surface area (Å²) in [5.41, 5.74) is 7.90. The Balaban J connectivity index is 1.56. The fourth-order valence-electron chi connectivity index (χ4n) is 5.41. The maximum absolute atomic E-state index is 11.9. The highest BCUT2D eigenvalue weighted by Crippen LogP contribution is 2.43.